The number of ether oxygens (including phenoxy) is 1. The van der Waals surface area contributed by atoms with Gasteiger partial charge in [0.2, 0.25) is 11.8 Å². The molecule has 2 amide bonds. The molecule has 10 heteroatoms. The van der Waals surface area contributed by atoms with Crippen LogP contribution in [0.15, 0.2) is 133 Å². The maximum Gasteiger partial charge on any atom is 0.324 e. The number of esters is 1. The molecular weight excluding hydrogens is 755 g/mol. The lowest BCUT2D eigenvalue weighted by Crippen LogP contribution is -2.55. The van der Waals surface area contributed by atoms with E-state index in [4.69, 9.17) is 4.74 Å². The van der Waals surface area contributed by atoms with Gasteiger partial charge in [0.25, 0.3) is 0 Å². The highest BCUT2D eigenvalue weighted by molar-refractivity contribution is 6.12. The fourth-order valence-corrected chi connectivity index (χ4v) is 10.1. The zero-order valence-electron chi connectivity index (χ0n) is 33.0. The van der Waals surface area contributed by atoms with Gasteiger partial charge in [-0.3, -0.25) is 19.3 Å². The second-order valence-corrected chi connectivity index (χ2v) is 16.4. The Morgan fingerprint density at radius 1 is 0.800 bits per heavy atom. The summed E-state index contributed by atoms with van der Waals surface area (Å²) in [5.41, 5.74) is 1.29. The lowest BCUT2D eigenvalue weighted by molar-refractivity contribution is -0.178. The molecule has 1 saturated carbocycles. The topological polar surface area (TPSA) is 148 Å². The Kier molecular flexibility index (Phi) is 10.5. The first-order valence-electron chi connectivity index (χ1n) is 20.8. The molecule has 304 valence electrons. The highest BCUT2D eigenvalue weighted by Crippen LogP contribution is 2.64. The van der Waals surface area contributed by atoms with Crippen LogP contribution in [0.2, 0.25) is 0 Å². The highest BCUT2D eigenvalue weighted by Gasteiger charge is 2.74. The summed E-state index contributed by atoms with van der Waals surface area (Å²) in [6.45, 7) is -0.186. The molecule has 3 fully saturated rings. The zero-order valence-corrected chi connectivity index (χ0v) is 33.0. The summed E-state index contributed by atoms with van der Waals surface area (Å²) in [4.78, 5) is 47.6. The van der Waals surface area contributed by atoms with Gasteiger partial charge in [-0.2, -0.15) is 0 Å². The van der Waals surface area contributed by atoms with Gasteiger partial charge in [-0.15, -0.1) is 0 Å². The van der Waals surface area contributed by atoms with Crippen molar-refractivity contribution in [1.29, 1.82) is 0 Å². The van der Waals surface area contributed by atoms with E-state index >= 15 is 9.59 Å². The first-order chi connectivity index (χ1) is 29.2. The van der Waals surface area contributed by atoms with Crippen LogP contribution in [0.4, 0.5) is 5.69 Å². The van der Waals surface area contributed by atoms with Gasteiger partial charge in [0.05, 0.1) is 24.1 Å². The van der Waals surface area contributed by atoms with E-state index in [1.165, 1.54) is 0 Å². The highest BCUT2D eigenvalue weighted by atomic mass is 16.6. The number of anilines is 1. The largest absolute Gasteiger partial charge is 0.508 e. The Morgan fingerprint density at radius 2 is 1.43 bits per heavy atom. The van der Waals surface area contributed by atoms with Crippen LogP contribution in [0.1, 0.15) is 96.2 Å². The van der Waals surface area contributed by atoms with Gasteiger partial charge >= 0.3 is 5.97 Å². The summed E-state index contributed by atoms with van der Waals surface area (Å²) in [5.74, 6) is 3.23. The van der Waals surface area contributed by atoms with Crippen LogP contribution in [0.5, 0.6) is 5.75 Å². The predicted molar refractivity (Wildman–Crippen MR) is 225 cm³/mol. The lowest BCUT2D eigenvalue weighted by atomic mass is 9.65. The molecule has 1 aliphatic carbocycles. The number of aromatic hydroxyl groups is 1. The molecule has 5 aromatic carbocycles. The van der Waals surface area contributed by atoms with E-state index in [1.54, 1.807) is 60.7 Å². The number of rotatable bonds is 7. The third-order valence-electron chi connectivity index (χ3n) is 12.8. The SMILES string of the molecule is O=C1O[C@H](c2ccccc2)[C@H](c2ccccc2)N2[C@H]1[C@@H](C(=O)NC[C@H](O)c1ccccc1)[C@]1(C(=O)Nc3ccc(C#CC4(O)CCCCCC4)cc31)[C@H]2c1ccc(O)cc1. The normalized spacial score (nSPS) is 26.1. The number of carbonyl (C=O) groups is 3. The van der Waals surface area contributed by atoms with Crippen LogP contribution in [-0.4, -0.2) is 56.2 Å². The Balaban J connectivity index is 1.27. The molecule has 0 bridgehead atoms. The Labute approximate surface area is 349 Å². The fraction of sp³-hybridized carbons (Fsp3) is 0.300. The summed E-state index contributed by atoms with van der Waals surface area (Å²) in [6.07, 6.45) is 3.06. The van der Waals surface area contributed by atoms with Crippen LogP contribution in [0, 0.1) is 17.8 Å². The molecule has 3 aliphatic heterocycles. The van der Waals surface area contributed by atoms with Crippen molar-refractivity contribution in [2.75, 3.05) is 11.9 Å². The monoisotopic (exact) mass is 801 g/mol. The van der Waals surface area contributed by atoms with E-state index in [0.717, 1.165) is 36.8 Å². The zero-order chi connectivity index (χ0) is 41.4. The second-order valence-electron chi connectivity index (χ2n) is 16.4. The van der Waals surface area contributed by atoms with Crippen LogP contribution < -0.4 is 10.6 Å². The van der Waals surface area contributed by atoms with Crippen LogP contribution in [0.3, 0.4) is 0 Å². The fourth-order valence-electron chi connectivity index (χ4n) is 10.1. The maximum absolute atomic E-state index is 15.4. The van der Waals surface area contributed by atoms with E-state index in [1.807, 2.05) is 77.7 Å². The first kappa shape index (κ1) is 39.2. The van der Waals surface area contributed by atoms with Crippen molar-refractivity contribution in [1.82, 2.24) is 10.2 Å². The summed E-state index contributed by atoms with van der Waals surface area (Å²) in [5, 5.41) is 39.4. The van der Waals surface area contributed by atoms with E-state index in [2.05, 4.69) is 22.5 Å². The number of nitrogens with one attached hydrogen (secondary N) is 2. The van der Waals surface area contributed by atoms with E-state index in [0.29, 0.717) is 40.8 Å². The minimum atomic E-state index is -1.77. The van der Waals surface area contributed by atoms with Crippen molar-refractivity contribution >= 4 is 23.5 Å². The molecule has 4 aliphatic rings. The van der Waals surface area contributed by atoms with Gasteiger partial charge in [-0.05, 0) is 83.8 Å². The minimum Gasteiger partial charge on any atom is -0.508 e. The number of nitrogens with zero attached hydrogens (tertiary/aromatic N) is 1. The average molecular weight is 802 g/mol. The van der Waals surface area contributed by atoms with Crippen molar-refractivity contribution in [3.8, 4) is 17.6 Å². The van der Waals surface area contributed by atoms with E-state index < -0.39 is 65.1 Å². The molecule has 0 unspecified atom stereocenters. The first-order valence-corrected chi connectivity index (χ1v) is 20.8. The Bertz CT molecular complexity index is 2440. The standard InChI is InChI=1S/C50H47N3O7/c54-37-23-21-36(22-24-37)45-50(38-30-32(20-25-39(38)52-48(50)58)26-29-49(59)27-12-1-2-13-28-49)41(46(56)51-31-40(55)33-14-6-3-7-15-33)43-47(57)60-44(35-18-10-5-11-19-35)42(53(43)45)34-16-8-4-9-17-34/h3-11,14-25,30,40-45,54-55,59H,1-2,12-13,27-28,31H2,(H,51,56)(H,52,58)/t40-,41-,42-,43-,44+,45+,50-/m0/s1. The third-order valence-corrected chi connectivity index (χ3v) is 12.8. The predicted octanol–water partition coefficient (Wildman–Crippen LogP) is 6.95. The number of fused-ring (bicyclic) bond motifs is 3. The van der Waals surface area contributed by atoms with Gasteiger partial charge in [0.1, 0.15) is 28.9 Å². The molecule has 7 atom stereocenters. The smallest absolute Gasteiger partial charge is 0.324 e. The average Bonchev–Trinajstić information content (AvgIpc) is 3.64. The molecule has 5 N–H and O–H groups in total. The number of hydrogen-bond acceptors (Lipinski definition) is 8. The molecular formula is C50H47N3O7. The van der Waals surface area contributed by atoms with Crippen LogP contribution >= 0.6 is 0 Å². The molecule has 3 heterocycles. The van der Waals surface area contributed by atoms with Gasteiger partial charge < -0.3 is 30.7 Å². The summed E-state index contributed by atoms with van der Waals surface area (Å²) in [7, 11) is 0. The number of benzene rings is 5. The molecule has 9 rings (SSSR count). The van der Waals surface area contributed by atoms with Crippen LogP contribution in [-0.2, 0) is 24.5 Å². The lowest BCUT2D eigenvalue weighted by Gasteiger charge is -2.46. The van der Waals surface area contributed by atoms with Crippen LogP contribution in [0.25, 0.3) is 0 Å². The van der Waals surface area contributed by atoms with Gasteiger partial charge in [-0.25, -0.2) is 0 Å². The number of morpholine rings is 1. The van der Waals surface area contributed by atoms with Gasteiger partial charge in [0, 0.05) is 17.8 Å². The quantitative estimate of drug-likeness (QED) is 0.0675. The molecule has 2 saturated heterocycles. The molecule has 10 nitrogen and oxygen atoms in total. The van der Waals surface area contributed by atoms with Crippen molar-refractivity contribution < 1.29 is 34.4 Å². The number of aliphatic hydroxyl groups excluding tert-OH is 1. The number of aliphatic hydroxyl groups is 2. The van der Waals surface area contributed by atoms with Gasteiger partial charge in [-0.1, -0.05) is 128 Å². The Hall–Kier alpha value is -6.25. The number of cyclic esters (lactones) is 1. The van der Waals surface area contributed by atoms with Crippen molar-refractivity contribution in [2.24, 2.45) is 5.92 Å². The van der Waals surface area contributed by atoms with Crippen molar-refractivity contribution in [3.05, 3.63) is 167 Å². The number of amides is 2. The second kappa shape index (κ2) is 16.1. The van der Waals surface area contributed by atoms with Gasteiger partial charge in [0.15, 0.2) is 0 Å². The maximum atomic E-state index is 15.4. The van der Waals surface area contributed by atoms with Crippen molar-refractivity contribution in [3.63, 3.8) is 0 Å². The van der Waals surface area contributed by atoms with E-state index in [9.17, 15) is 20.1 Å². The molecule has 60 heavy (non-hydrogen) atoms. The number of phenols is 1. The molecule has 0 radical (unpaired) electrons. The number of phenolic OH excluding ortho intramolecular Hbond substituents is 1. The summed E-state index contributed by atoms with van der Waals surface area (Å²) in [6, 6.07) is 37.0. The summed E-state index contributed by atoms with van der Waals surface area (Å²) >= 11 is 0. The third kappa shape index (κ3) is 6.92. The Morgan fingerprint density at radius 3 is 2.10 bits per heavy atom. The number of carbonyl (C=O) groups excluding carboxylic acids is 3. The van der Waals surface area contributed by atoms with Crippen molar-refractivity contribution in [2.45, 2.75) is 79.9 Å². The van der Waals surface area contributed by atoms with E-state index in [-0.39, 0.29) is 12.3 Å². The number of hydrogen-bond donors (Lipinski definition) is 5. The molecule has 1 spiro atoms. The summed E-state index contributed by atoms with van der Waals surface area (Å²) < 4.78 is 6.48. The minimum absolute atomic E-state index is 0.0108. The molecule has 5 aromatic rings. The molecule has 0 aromatic heterocycles.